The van der Waals surface area contributed by atoms with Crippen molar-refractivity contribution in [2.45, 2.75) is 28.8 Å². The number of thiophene rings is 1. The van der Waals surface area contributed by atoms with Crippen LogP contribution in [0.2, 0.25) is 5.02 Å². The molecular formula is C17H19ClN6O3S3. The number of nitrogens with one attached hydrogen (secondary N) is 1. The topological polar surface area (TPSA) is 110 Å². The van der Waals surface area contributed by atoms with Gasteiger partial charge in [0.2, 0.25) is 21.1 Å². The number of halogens is 1. The molecule has 1 N–H and O–H groups in total. The molecule has 0 saturated heterocycles. The third-order valence-corrected chi connectivity index (χ3v) is 8.22. The molecule has 2 aromatic heterocycles. The Kier molecular flexibility index (Phi) is 7.14. The number of amides is 1. The maximum Gasteiger partial charge on any atom is 0.244 e. The fraction of sp³-hybridized carbons (Fsp3) is 0.294. The average Bonchev–Trinajstić information content (AvgIpc) is 3.35. The van der Waals surface area contributed by atoms with Crippen molar-refractivity contribution in [2.75, 3.05) is 19.4 Å². The number of tetrazole rings is 1. The maximum atomic E-state index is 12.6. The quantitative estimate of drug-likeness (QED) is 0.487. The molecule has 0 aliphatic carbocycles. The Morgan fingerprint density at radius 3 is 2.80 bits per heavy atom. The van der Waals surface area contributed by atoms with E-state index in [-0.39, 0.29) is 15.8 Å². The van der Waals surface area contributed by atoms with E-state index in [1.807, 2.05) is 17.5 Å². The second-order valence-corrected chi connectivity index (χ2v) is 11.2. The van der Waals surface area contributed by atoms with Crippen LogP contribution in [0.3, 0.4) is 0 Å². The molecule has 0 aliphatic heterocycles. The van der Waals surface area contributed by atoms with Gasteiger partial charge in [0.25, 0.3) is 0 Å². The summed E-state index contributed by atoms with van der Waals surface area (Å²) in [6.45, 7) is 2.24. The highest BCUT2D eigenvalue weighted by Crippen LogP contribution is 2.28. The molecule has 0 radical (unpaired) electrons. The number of hydrogen-bond donors (Lipinski definition) is 1. The van der Waals surface area contributed by atoms with Gasteiger partial charge in [0, 0.05) is 24.7 Å². The molecule has 0 aliphatic rings. The van der Waals surface area contributed by atoms with Crippen LogP contribution in [-0.4, -0.2) is 58.2 Å². The van der Waals surface area contributed by atoms with E-state index in [9.17, 15) is 13.2 Å². The molecular weight excluding hydrogens is 468 g/mol. The number of nitrogens with zero attached hydrogens (tertiary/aromatic N) is 5. The summed E-state index contributed by atoms with van der Waals surface area (Å²) in [5.41, 5.74) is 0.329. The third-order valence-electron chi connectivity index (χ3n) is 3.99. The summed E-state index contributed by atoms with van der Waals surface area (Å²) in [7, 11) is -0.916. The average molecular weight is 487 g/mol. The first-order chi connectivity index (χ1) is 14.2. The SMILES string of the molecule is CC(Sc1nnnn1Cc1cccs1)C(=O)Nc1ccc(Cl)c(S(=O)(=O)N(C)C)c1. The molecule has 30 heavy (non-hydrogen) atoms. The van der Waals surface area contributed by atoms with Crippen molar-refractivity contribution in [1.82, 2.24) is 24.5 Å². The van der Waals surface area contributed by atoms with Crippen molar-refractivity contribution in [3.63, 3.8) is 0 Å². The zero-order valence-electron chi connectivity index (χ0n) is 16.3. The van der Waals surface area contributed by atoms with Crippen molar-refractivity contribution in [3.8, 4) is 0 Å². The molecule has 9 nitrogen and oxygen atoms in total. The van der Waals surface area contributed by atoms with E-state index in [1.54, 1.807) is 29.0 Å². The van der Waals surface area contributed by atoms with Gasteiger partial charge in [-0.15, -0.1) is 16.4 Å². The normalized spacial score (nSPS) is 12.8. The largest absolute Gasteiger partial charge is 0.325 e. The lowest BCUT2D eigenvalue weighted by molar-refractivity contribution is -0.115. The first kappa shape index (κ1) is 22.7. The van der Waals surface area contributed by atoms with Crippen LogP contribution in [0.4, 0.5) is 5.69 Å². The molecule has 3 rings (SSSR count). The van der Waals surface area contributed by atoms with Crippen LogP contribution in [0.15, 0.2) is 45.8 Å². The van der Waals surface area contributed by atoms with Crippen molar-refractivity contribution >= 4 is 56.3 Å². The second kappa shape index (κ2) is 9.43. The Labute approximate surface area is 187 Å². The van der Waals surface area contributed by atoms with Gasteiger partial charge < -0.3 is 5.32 Å². The van der Waals surface area contributed by atoms with Gasteiger partial charge in [-0.05, 0) is 47.0 Å². The monoisotopic (exact) mass is 486 g/mol. The molecule has 1 unspecified atom stereocenters. The number of sulfonamides is 1. The molecule has 160 valence electrons. The van der Waals surface area contributed by atoms with Gasteiger partial charge in [0.1, 0.15) is 4.90 Å². The Morgan fingerprint density at radius 1 is 1.37 bits per heavy atom. The standard InChI is InChI=1S/C17H19ClN6O3S3/c1-11(29-17-20-21-22-24(17)10-13-5-4-8-28-13)16(25)19-12-6-7-14(18)15(9-12)30(26,27)23(2)3/h4-9,11H,10H2,1-3H3,(H,19,25). The molecule has 1 amide bonds. The van der Waals surface area contributed by atoms with Gasteiger partial charge in [0.05, 0.1) is 16.8 Å². The van der Waals surface area contributed by atoms with Gasteiger partial charge in [-0.25, -0.2) is 17.4 Å². The number of benzene rings is 1. The first-order valence-corrected chi connectivity index (χ1v) is 12.2. The van der Waals surface area contributed by atoms with Crippen LogP contribution >= 0.6 is 34.7 Å². The summed E-state index contributed by atoms with van der Waals surface area (Å²) in [6, 6.07) is 8.26. The van der Waals surface area contributed by atoms with Gasteiger partial charge >= 0.3 is 0 Å². The Hall–Kier alpha value is -1.99. The van der Waals surface area contributed by atoms with Crippen molar-refractivity contribution < 1.29 is 13.2 Å². The fourth-order valence-corrected chi connectivity index (χ4v) is 5.23. The predicted molar refractivity (Wildman–Crippen MR) is 118 cm³/mol. The highest BCUT2D eigenvalue weighted by Gasteiger charge is 2.23. The summed E-state index contributed by atoms with van der Waals surface area (Å²) in [6.07, 6.45) is 0. The van der Waals surface area contributed by atoms with E-state index in [4.69, 9.17) is 11.6 Å². The minimum Gasteiger partial charge on any atom is -0.325 e. The smallest absolute Gasteiger partial charge is 0.244 e. The molecule has 0 spiro atoms. The lowest BCUT2D eigenvalue weighted by atomic mass is 10.3. The van der Waals surface area contributed by atoms with Crippen molar-refractivity contribution in [1.29, 1.82) is 0 Å². The minimum absolute atomic E-state index is 0.0767. The van der Waals surface area contributed by atoms with E-state index in [0.717, 1.165) is 9.18 Å². The number of rotatable bonds is 8. The highest BCUT2D eigenvalue weighted by molar-refractivity contribution is 8.00. The number of hydrogen-bond acceptors (Lipinski definition) is 8. The Morgan fingerprint density at radius 2 is 2.13 bits per heavy atom. The minimum atomic E-state index is -3.74. The zero-order chi connectivity index (χ0) is 21.9. The zero-order valence-corrected chi connectivity index (χ0v) is 19.5. The molecule has 0 bridgehead atoms. The number of carbonyl (C=O) groups is 1. The summed E-state index contributed by atoms with van der Waals surface area (Å²) < 4.78 is 27.5. The fourth-order valence-electron chi connectivity index (χ4n) is 2.36. The highest BCUT2D eigenvalue weighted by atomic mass is 35.5. The number of anilines is 1. The maximum absolute atomic E-state index is 12.6. The Balaban J connectivity index is 1.71. The van der Waals surface area contributed by atoms with Crippen LogP contribution in [0, 0.1) is 0 Å². The first-order valence-electron chi connectivity index (χ1n) is 8.66. The predicted octanol–water partition coefficient (Wildman–Crippen LogP) is 2.81. The molecule has 3 aromatic rings. The van der Waals surface area contributed by atoms with Crippen molar-refractivity contribution in [2.24, 2.45) is 0 Å². The number of aromatic nitrogens is 4. The molecule has 1 aromatic carbocycles. The van der Waals surface area contributed by atoms with E-state index >= 15 is 0 Å². The summed E-state index contributed by atoms with van der Waals surface area (Å²) in [5.74, 6) is -0.318. The van der Waals surface area contributed by atoms with Gasteiger partial charge in [0.15, 0.2) is 0 Å². The lowest BCUT2D eigenvalue weighted by Gasteiger charge is -2.15. The second-order valence-electron chi connectivity index (χ2n) is 6.38. The van der Waals surface area contributed by atoms with Crippen LogP contribution < -0.4 is 5.32 Å². The van der Waals surface area contributed by atoms with Crippen LogP contribution in [0.25, 0.3) is 0 Å². The van der Waals surface area contributed by atoms with Crippen molar-refractivity contribution in [3.05, 3.63) is 45.6 Å². The Bertz CT molecular complexity index is 1130. The van der Waals surface area contributed by atoms with E-state index in [2.05, 4.69) is 20.8 Å². The molecule has 1 atom stereocenters. The molecule has 2 heterocycles. The van der Waals surface area contributed by atoms with Gasteiger partial charge in [-0.3, -0.25) is 4.79 Å². The molecule has 0 saturated carbocycles. The summed E-state index contributed by atoms with van der Waals surface area (Å²) in [4.78, 5) is 13.7. The lowest BCUT2D eigenvalue weighted by Crippen LogP contribution is -2.24. The molecule has 0 fully saturated rings. The summed E-state index contributed by atoms with van der Waals surface area (Å²) in [5, 5.41) is 16.4. The van der Waals surface area contributed by atoms with Gasteiger partial charge in [-0.2, -0.15) is 0 Å². The van der Waals surface area contributed by atoms with Crippen LogP contribution in [0.5, 0.6) is 0 Å². The van der Waals surface area contributed by atoms with Gasteiger partial charge in [-0.1, -0.05) is 29.4 Å². The molecule has 13 heteroatoms. The summed E-state index contributed by atoms with van der Waals surface area (Å²) >= 11 is 8.85. The number of thioether (sulfide) groups is 1. The van der Waals surface area contributed by atoms with E-state index in [1.165, 1.54) is 38.0 Å². The van der Waals surface area contributed by atoms with E-state index < -0.39 is 15.3 Å². The van der Waals surface area contributed by atoms with Crippen LogP contribution in [-0.2, 0) is 21.4 Å². The van der Waals surface area contributed by atoms with E-state index in [0.29, 0.717) is 17.4 Å². The number of carbonyl (C=O) groups excluding carboxylic acids is 1. The van der Waals surface area contributed by atoms with Crippen LogP contribution in [0.1, 0.15) is 11.8 Å². The third kappa shape index (κ3) is 5.19.